The van der Waals surface area contributed by atoms with E-state index in [9.17, 15) is 0 Å². The highest BCUT2D eigenvalue weighted by Crippen LogP contribution is 2.67. The molecule has 3 saturated carbocycles. The molecule has 1 heterocycles. The molecule has 92 valence electrons. The van der Waals surface area contributed by atoms with Crippen molar-refractivity contribution in [3.05, 3.63) is 41.0 Å². The van der Waals surface area contributed by atoms with E-state index in [0.717, 1.165) is 23.7 Å². The third-order valence-electron chi connectivity index (χ3n) is 4.52. The quantitative estimate of drug-likeness (QED) is 0.825. The average molecular weight is 260 g/mol. The molecule has 0 radical (unpaired) electrons. The van der Waals surface area contributed by atoms with Crippen molar-refractivity contribution in [1.29, 1.82) is 0 Å². The number of nitrogens with zero attached hydrogens (tertiary/aromatic N) is 1. The Kier molecular flexibility index (Phi) is 1.82. The summed E-state index contributed by atoms with van der Waals surface area (Å²) in [5.41, 5.74) is 14.6. The van der Waals surface area contributed by atoms with Gasteiger partial charge in [0.25, 0.3) is 0 Å². The first-order valence-electron chi connectivity index (χ1n) is 6.14. The first kappa shape index (κ1) is 10.7. The summed E-state index contributed by atoms with van der Waals surface area (Å²) in [4.78, 5) is 4.36. The Morgan fingerprint density at radius 1 is 1.17 bits per heavy atom. The van der Waals surface area contributed by atoms with Gasteiger partial charge in [-0.05, 0) is 36.6 Å². The van der Waals surface area contributed by atoms with Gasteiger partial charge in [0.15, 0.2) is 0 Å². The van der Waals surface area contributed by atoms with Crippen molar-refractivity contribution in [3.63, 3.8) is 0 Å². The van der Waals surface area contributed by atoms with E-state index in [1.165, 1.54) is 5.56 Å². The van der Waals surface area contributed by atoms with Crippen molar-refractivity contribution in [2.24, 2.45) is 11.5 Å². The van der Waals surface area contributed by atoms with Gasteiger partial charge in [0.05, 0.1) is 5.52 Å². The lowest BCUT2D eigenvalue weighted by Gasteiger charge is -2.73. The van der Waals surface area contributed by atoms with Crippen molar-refractivity contribution in [1.82, 2.24) is 4.98 Å². The molecular weight excluding hydrogens is 246 g/mol. The first-order valence-corrected chi connectivity index (χ1v) is 6.52. The zero-order valence-electron chi connectivity index (χ0n) is 9.86. The van der Waals surface area contributed by atoms with Crippen LogP contribution in [0.3, 0.4) is 0 Å². The molecule has 0 spiro atoms. The minimum Gasteiger partial charge on any atom is -0.324 e. The molecule has 1 aromatic heterocycles. The molecule has 0 atom stereocenters. The molecule has 2 aromatic rings. The first-order chi connectivity index (χ1) is 8.52. The lowest BCUT2D eigenvalue weighted by atomic mass is 9.36. The van der Waals surface area contributed by atoms with Crippen molar-refractivity contribution in [2.75, 3.05) is 0 Å². The fourth-order valence-corrected chi connectivity index (χ4v) is 4.07. The summed E-state index contributed by atoms with van der Waals surface area (Å²) < 4.78 is 0. The van der Waals surface area contributed by atoms with E-state index in [-0.39, 0.29) is 17.0 Å². The van der Waals surface area contributed by atoms with Crippen LogP contribution >= 0.6 is 11.6 Å². The summed E-state index contributed by atoms with van der Waals surface area (Å²) in [5.74, 6) is 0.261. The largest absolute Gasteiger partial charge is 0.324 e. The molecule has 0 saturated heterocycles. The number of benzene rings is 1. The summed E-state index contributed by atoms with van der Waals surface area (Å²) >= 11 is 6.00. The highest BCUT2D eigenvalue weighted by molar-refractivity contribution is 6.31. The van der Waals surface area contributed by atoms with Gasteiger partial charge in [0, 0.05) is 33.6 Å². The maximum absolute atomic E-state index is 6.34. The topological polar surface area (TPSA) is 64.9 Å². The summed E-state index contributed by atoms with van der Waals surface area (Å²) in [5, 5.41) is 1.83. The molecular formula is C14H14ClN3. The van der Waals surface area contributed by atoms with Crippen LogP contribution in [0.25, 0.3) is 10.9 Å². The number of rotatable bonds is 1. The normalized spacial score (nSPS) is 37.2. The van der Waals surface area contributed by atoms with Gasteiger partial charge in [0.1, 0.15) is 0 Å². The standard InChI is InChI=1S/C14H14ClN3/c15-8-1-2-9-10(3-4-18-11(9)5-8)12-13(16)6-14(12,17)7-13/h1-5,12H,6-7,16-17H2. The number of hydrogen-bond donors (Lipinski definition) is 2. The monoisotopic (exact) mass is 259 g/mol. The minimum atomic E-state index is -0.0946. The highest BCUT2D eigenvalue weighted by atomic mass is 35.5. The predicted octanol–water partition coefficient (Wildman–Crippen LogP) is 2.17. The van der Waals surface area contributed by atoms with Crippen LogP contribution in [0, 0.1) is 0 Å². The van der Waals surface area contributed by atoms with Gasteiger partial charge in [-0.1, -0.05) is 17.7 Å². The molecule has 3 aliphatic carbocycles. The molecule has 4 heteroatoms. The molecule has 2 bridgehead atoms. The van der Waals surface area contributed by atoms with Crippen molar-refractivity contribution in [2.45, 2.75) is 29.8 Å². The second-order valence-corrected chi connectivity index (χ2v) is 6.25. The number of hydrogen-bond acceptors (Lipinski definition) is 3. The molecule has 1 aromatic carbocycles. The zero-order chi connectivity index (χ0) is 12.5. The van der Waals surface area contributed by atoms with Crippen LogP contribution in [0.1, 0.15) is 24.3 Å². The van der Waals surface area contributed by atoms with Crippen LogP contribution in [-0.2, 0) is 0 Å². The molecule has 0 unspecified atom stereocenters. The smallest absolute Gasteiger partial charge is 0.0719 e. The molecule has 3 aliphatic rings. The second kappa shape index (κ2) is 3.05. The molecule has 3 fully saturated rings. The third kappa shape index (κ3) is 1.14. The van der Waals surface area contributed by atoms with Crippen LogP contribution in [0.5, 0.6) is 0 Å². The molecule has 3 nitrogen and oxygen atoms in total. The Balaban J connectivity index is 1.92. The van der Waals surface area contributed by atoms with Crippen LogP contribution < -0.4 is 11.5 Å². The van der Waals surface area contributed by atoms with Gasteiger partial charge in [-0.25, -0.2) is 0 Å². The Morgan fingerprint density at radius 3 is 2.56 bits per heavy atom. The fraction of sp³-hybridized carbons (Fsp3) is 0.357. The van der Waals surface area contributed by atoms with Gasteiger partial charge in [-0.3, -0.25) is 4.98 Å². The molecule has 4 N–H and O–H groups in total. The van der Waals surface area contributed by atoms with E-state index in [1.54, 1.807) is 0 Å². The Labute approximate surface area is 110 Å². The van der Waals surface area contributed by atoms with E-state index >= 15 is 0 Å². The lowest BCUT2D eigenvalue weighted by molar-refractivity contribution is -0.0850. The average Bonchev–Trinajstić information content (AvgIpc) is 2.27. The summed E-state index contributed by atoms with van der Waals surface area (Å²) in [6, 6.07) is 7.84. The maximum atomic E-state index is 6.34. The Morgan fingerprint density at radius 2 is 1.89 bits per heavy atom. The molecule has 0 aliphatic heterocycles. The van der Waals surface area contributed by atoms with Gasteiger partial charge in [0.2, 0.25) is 0 Å². The van der Waals surface area contributed by atoms with Crippen LogP contribution in [-0.4, -0.2) is 16.1 Å². The van der Waals surface area contributed by atoms with Crippen LogP contribution in [0.15, 0.2) is 30.5 Å². The van der Waals surface area contributed by atoms with Crippen LogP contribution in [0.2, 0.25) is 5.02 Å². The minimum absolute atomic E-state index is 0.0946. The van der Waals surface area contributed by atoms with E-state index in [1.807, 2.05) is 30.5 Å². The Bertz CT molecular complexity index is 647. The van der Waals surface area contributed by atoms with Crippen molar-refractivity contribution < 1.29 is 0 Å². The fourth-order valence-electron chi connectivity index (χ4n) is 3.91. The molecule has 0 amide bonds. The molecule has 18 heavy (non-hydrogen) atoms. The molecule has 5 rings (SSSR count). The number of pyridine rings is 1. The zero-order valence-corrected chi connectivity index (χ0v) is 10.6. The summed E-state index contributed by atoms with van der Waals surface area (Å²) in [6.07, 6.45) is 3.68. The van der Waals surface area contributed by atoms with Crippen molar-refractivity contribution in [3.8, 4) is 0 Å². The van der Waals surface area contributed by atoms with E-state index in [4.69, 9.17) is 23.1 Å². The van der Waals surface area contributed by atoms with Gasteiger partial charge in [-0.2, -0.15) is 0 Å². The second-order valence-electron chi connectivity index (χ2n) is 5.81. The number of halogens is 1. The third-order valence-corrected chi connectivity index (χ3v) is 4.75. The Hall–Kier alpha value is -1.16. The SMILES string of the molecule is NC12CC(N)(C1)C2c1ccnc2cc(Cl)ccc12. The van der Waals surface area contributed by atoms with Crippen LogP contribution in [0.4, 0.5) is 0 Å². The summed E-state index contributed by atoms with van der Waals surface area (Å²) in [7, 11) is 0. The highest BCUT2D eigenvalue weighted by Gasteiger charge is 2.72. The van der Waals surface area contributed by atoms with E-state index < -0.39 is 0 Å². The predicted molar refractivity (Wildman–Crippen MR) is 72.6 cm³/mol. The lowest BCUT2D eigenvalue weighted by Crippen LogP contribution is -2.86. The number of fused-ring (bicyclic) bond motifs is 1. The maximum Gasteiger partial charge on any atom is 0.0719 e. The summed E-state index contributed by atoms with van der Waals surface area (Å²) in [6.45, 7) is 0. The van der Waals surface area contributed by atoms with Gasteiger partial charge < -0.3 is 11.5 Å². The van der Waals surface area contributed by atoms with E-state index in [2.05, 4.69) is 4.98 Å². The van der Waals surface area contributed by atoms with Crippen molar-refractivity contribution >= 4 is 22.5 Å². The number of aromatic nitrogens is 1. The number of nitrogens with two attached hydrogens (primary N) is 2. The van der Waals surface area contributed by atoms with Gasteiger partial charge >= 0.3 is 0 Å². The van der Waals surface area contributed by atoms with E-state index in [0.29, 0.717) is 5.02 Å². The van der Waals surface area contributed by atoms with Gasteiger partial charge in [-0.15, -0.1) is 0 Å².